The van der Waals surface area contributed by atoms with Crippen LogP contribution in [0.4, 0.5) is 5.69 Å². The van der Waals surface area contributed by atoms with Crippen molar-refractivity contribution < 1.29 is 9.59 Å². The molecule has 0 radical (unpaired) electrons. The quantitative estimate of drug-likeness (QED) is 0.687. The average molecular weight is 358 g/mol. The highest BCUT2D eigenvalue weighted by Crippen LogP contribution is 2.32. The topological polar surface area (TPSA) is 51.1 Å². The largest absolute Gasteiger partial charge is 0.341 e. The van der Waals surface area contributed by atoms with Gasteiger partial charge in [0.25, 0.3) is 0 Å². The van der Waals surface area contributed by atoms with Gasteiger partial charge in [-0.15, -0.1) is 0 Å². The van der Waals surface area contributed by atoms with Crippen molar-refractivity contribution >= 4 is 17.4 Å². The fourth-order valence-electron chi connectivity index (χ4n) is 3.74. The molecule has 0 unspecified atom stereocenters. The van der Waals surface area contributed by atoms with Crippen LogP contribution in [0.2, 0.25) is 0 Å². The highest BCUT2D eigenvalue weighted by atomic mass is 16.2. The van der Waals surface area contributed by atoms with Crippen molar-refractivity contribution in [2.45, 2.75) is 32.2 Å². The molecule has 0 aliphatic carbocycles. The van der Waals surface area contributed by atoms with Crippen LogP contribution in [0.3, 0.4) is 0 Å². The molecule has 4 heteroatoms. The van der Waals surface area contributed by atoms with E-state index in [0.717, 1.165) is 17.8 Å². The smallest absolute Gasteiger partial charge is 0.233 e. The normalized spacial score (nSPS) is 15.4. The van der Waals surface area contributed by atoms with Crippen LogP contribution in [-0.2, 0) is 17.8 Å². The van der Waals surface area contributed by atoms with Crippen molar-refractivity contribution in [3.8, 4) is 0 Å². The first-order valence-electron chi connectivity index (χ1n) is 9.36. The number of amides is 1. The summed E-state index contributed by atoms with van der Waals surface area (Å²) in [6, 6.07) is 20.9. The zero-order valence-corrected chi connectivity index (χ0v) is 15.3. The second kappa shape index (κ2) is 7.23. The number of ketones is 1. The Morgan fingerprint density at radius 2 is 1.85 bits per heavy atom. The molecule has 1 atom stereocenters. The maximum absolute atomic E-state index is 12.8. The summed E-state index contributed by atoms with van der Waals surface area (Å²) in [6.07, 6.45) is 1.64. The van der Waals surface area contributed by atoms with Crippen LogP contribution in [0.25, 0.3) is 0 Å². The van der Waals surface area contributed by atoms with E-state index in [1.54, 1.807) is 0 Å². The molecule has 27 heavy (non-hydrogen) atoms. The van der Waals surface area contributed by atoms with Crippen LogP contribution in [-0.4, -0.2) is 16.3 Å². The van der Waals surface area contributed by atoms with E-state index in [4.69, 9.17) is 0 Å². The molecule has 0 saturated carbocycles. The molecule has 136 valence electrons. The standard InChI is InChI=1S/C23H22N2O2/c1-2-16-7-6-10-18(15-16)24-23(27)19-13-14-25-20(19)11-12-21(25)22(26)17-8-4-3-5-9-17/h3-12,15,19H,2,13-14H2,1H3,(H,24,27)/t19-/m1/s1. The number of nitrogens with one attached hydrogen (secondary N) is 1. The van der Waals surface area contributed by atoms with E-state index >= 15 is 0 Å². The Labute approximate surface area is 158 Å². The molecule has 2 heterocycles. The van der Waals surface area contributed by atoms with Crippen LogP contribution < -0.4 is 5.32 Å². The van der Waals surface area contributed by atoms with Crippen molar-refractivity contribution in [2.75, 3.05) is 5.32 Å². The molecule has 1 N–H and O–H groups in total. The lowest BCUT2D eigenvalue weighted by Crippen LogP contribution is -2.19. The number of fused-ring (bicyclic) bond motifs is 1. The molecule has 3 aromatic rings. The Kier molecular flexibility index (Phi) is 4.63. The number of hydrogen-bond donors (Lipinski definition) is 1. The third-order valence-corrected chi connectivity index (χ3v) is 5.20. The number of aryl methyl sites for hydroxylation is 1. The molecule has 0 spiro atoms. The first-order valence-corrected chi connectivity index (χ1v) is 9.36. The second-order valence-electron chi connectivity index (χ2n) is 6.87. The zero-order chi connectivity index (χ0) is 18.8. The van der Waals surface area contributed by atoms with Gasteiger partial charge in [-0.25, -0.2) is 0 Å². The number of carbonyl (C=O) groups excluding carboxylic acids is 2. The lowest BCUT2D eigenvalue weighted by Gasteiger charge is -2.11. The van der Waals surface area contributed by atoms with E-state index in [1.807, 2.05) is 65.2 Å². The monoisotopic (exact) mass is 358 g/mol. The second-order valence-corrected chi connectivity index (χ2v) is 6.87. The minimum absolute atomic E-state index is 0.00134. The predicted octanol–water partition coefficient (Wildman–Crippen LogP) is 4.41. The SMILES string of the molecule is CCc1cccc(NC(=O)[C@@H]2CCn3c(C(=O)c4ccccc4)ccc32)c1. The van der Waals surface area contributed by atoms with E-state index in [9.17, 15) is 9.59 Å². The molecule has 1 amide bonds. The summed E-state index contributed by atoms with van der Waals surface area (Å²) in [5.41, 5.74) is 4.25. The van der Waals surface area contributed by atoms with Gasteiger partial charge in [0.1, 0.15) is 0 Å². The molecule has 0 saturated heterocycles. The molecule has 2 aromatic carbocycles. The van der Waals surface area contributed by atoms with Gasteiger partial charge < -0.3 is 9.88 Å². The molecule has 1 aliphatic heterocycles. The number of rotatable bonds is 5. The number of hydrogen-bond acceptors (Lipinski definition) is 2. The maximum Gasteiger partial charge on any atom is 0.233 e. The minimum atomic E-state index is -0.229. The maximum atomic E-state index is 12.8. The van der Waals surface area contributed by atoms with Crippen molar-refractivity contribution in [1.29, 1.82) is 0 Å². The molecule has 4 nitrogen and oxygen atoms in total. The third kappa shape index (κ3) is 3.31. The molecule has 1 aromatic heterocycles. The van der Waals surface area contributed by atoms with E-state index in [2.05, 4.69) is 18.3 Å². The first-order chi connectivity index (χ1) is 13.2. The van der Waals surface area contributed by atoms with E-state index in [0.29, 0.717) is 24.2 Å². The number of anilines is 1. The van der Waals surface area contributed by atoms with Crippen LogP contribution in [0, 0.1) is 0 Å². The van der Waals surface area contributed by atoms with Crippen molar-refractivity contribution in [1.82, 2.24) is 4.57 Å². The minimum Gasteiger partial charge on any atom is -0.341 e. The van der Waals surface area contributed by atoms with Crippen molar-refractivity contribution in [3.63, 3.8) is 0 Å². The highest BCUT2D eigenvalue weighted by Gasteiger charge is 2.32. The van der Waals surface area contributed by atoms with Gasteiger partial charge in [-0.05, 0) is 42.7 Å². The zero-order valence-electron chi connectivity index (χ0n) is 15.3. The predicted molar refractivity (Wildman–Crippen MR) is 106 cm³/mol. The Morgan fingerprint density at radius 3 is 2.63 bits per heavy atom. The van der Waals surface area contributed by atoms with Gasteiger partial charge in [0.2, 0.25) is 11.7 Å². The van der Waals surface area contributed by atoms with Gasteiger partial charge in [0.15, 0.2) is 0 Å². The number of nitrogens with zero attached hydrogens (tertiary/aromatic N) is 1. The van der Waals surface area contributed by atoms with E-state index < -0.39 is 0 Å². The Bertz CT molecular complexity index is 989. The Balaban J connectivity index is 1.55. The summed E-state index contributed by atoms with van der Waals surface area (Å²) in [6.45, 7) is 2.78. The van der Waals surface area contributed by atoms with Gasteiger partial charge in [-0.3, -0.25) is 9.59 Å². The van der Waals surface area contributed by atoms with Gasteiger partial charge >= 0.3 is 0 Å². The fourth-order valence-corrected chi connectivity index (χ4v) is 3.74. The fraction of sp³-hybridized carbons (Fsp3) is 0.217. The summed E-state index contributed by atoms with van der Waals surface area (Å²) in [4.78, 5) is 25.6. The van der Waals surface area contributed by atoms with Crippen LogP contribution in [0.15, 0.2) is 66.7 Å². The van der Waals surface area contributed by atoms with Crippen molar-refractivity contribution in [2.24, 2.45) is 0 Å². The Morgan fingerprint density at radius 1 is 1.04 bits per heavy atom. The van der Waals surface area contributed by atoms with Crippen LogP contribution >= 0.6 is 0 Å². The molecular weight excluding hydrogens is 336 g/mol. The molecular formula is C23H22N2O2. The van der Waals surface area contributed by atoms with Crippen LogP contribution in [0.1, 0.15) is 46.6 Å². The van der Waals surface area contributed by atoms with E-state index in [1.165, 1.54) is 5.56 Å². The molecule has 0 fully saturated rings. The molecule has 1 aliphatic rings. The molecule has 4 rings (SSSR count). The number of aromatic nitrogens is 1. The molecule has 0 bridgehead atoms. The van der Waals surface area contributed by atoms with Crippen molar-refractivity contribution in [3.05, 3.63) is 89.2 Å². The lowest BCUT2D eigenvalue weighted by molar-refractivity contribution is -0.117. The number of carbonyl (C=O) groups is 2. The highest BCUT2D eigenvalue weighted by molar-refractivity contribution is 6.08. The summed E-state index contributed by atoms with van der Waals surface area (Å²) in [5.74, 6) is -0.245. The van der Waals surface area contributed by atoms with Gasteiger partial charge in [0, 0.05) is 23.5 Å². The van der Waals surface area contributed by atoms with Crippen LogP contribution in [0.5, 0.6) is 0 Å². The summed E-state index contributed by atoms with van der Waals surface area (Å²) in [5, 5.41) is 3.03. The first kappa shape index (κ1) is 17.3. The number of benzene rings is 2. The van der Waals surface area contributed by atoms with Gasteiger partial charge in [-0.1, -0.05) is 49.4 Å². The van der Waals surface area contributed by atoms with Gasteiger partial charge in [-0.2, -0.15) is 0 Å². The third-order valence-electron chi connectivity index (χ3n) is 5.20. The Hall–Kier alpha value is -3.14. The average Bonchev–Trinajstić information content (AvgIpc) is 3.30. The van der Waals surface area contributed by atoms with E-state index in [-0.39, 0.29) is 17.6 Å². The summed E-state index contributed by atoms with van der Waals surface area (Å²) < 4.78 is 1.99. The lowest BCUT2D eigenvalue weighted by atomic mass is 10.0. The van der Waals surface area contributed by atoms with Gasteiger partial charge in [0.05, 0.1) is 11.6 Å². The summed E-state index contributed by atoms with van der Waals surface area (Å²) in [7, 11) is 0. The summed E-state index contributed by atoms with van der Waals surface area (Å²) >= 11 is 0.